The Morgan fingerprint density at radius 2 is 1.88 bits per heavy atom. The van der Waals surface area contributed by atoms with Crippen LogP contribution in [0.4, 0.5) is 13.2 Å². The van der Waals surface area contributed by atoms with Crippen molar-refractivity contribution >= 4 is 22.4 Å². The number of aliphatic imine (C=N–C) groups is 1. The number of aliphatic hydroxyl groups excluding tert-OH is 1. The number of thioether (sulfide) groups is 1. The second kappa shape index (κ2) is 11.5. The predicted octanol–water partition coefficient (Wildman–Crippen LogP) is 4.15. The minimum absolute atomic E-state index is 0.0152. The fourth-order valence-corrected chi connectivity index (χ4v) is 4.02. The van der Waals surface area contributed by atoms with Crippen molar-refractivity contribution in [1.29, 1.82) is 0 Å². The van der Waals surface area contributed by atoms with E-state index >= 15 is 0 Å². The zero-order chi connectivity index (χ0) is 23.0. The van der Waals surface area contributed by atoms with Crippen LogP contribution in [0.1, 0.15) is 16.7 Å². The maximum Gasteiger partial charge on any atom is 0.419 e. The maximum atomic E-state index is 13.6. The van der Waals surface area contributed by atoms with Crippen LogP contribution in [0.15, 0.2) is 59.7 Å². The van der Waals surface area contributed by atoms with Crippen molar-refractivity contribution in [3.8, 4) is 5.75 Å². The molecule has 1 atom stereocenters. The first kappa shape index (κ1) is 24.3. The summed E-state index contributed by atoms with van der Waals surface area (Å²) in [7, 11) is 0. The van der Waals surface area contributed by atoms with Gasteiger partial charge in [0, 0.05) is 22.6 Å². The highest BCUT2D eigenvalue weighted by atomic mass is 32.2. The topological polar surface area (TPSA) is 77.1 Å². The molecule has 0 aliphatic carbocycles. The zero-order valence-electron chi connectivity index (χ0n) is 17.3. The van der Waals surface area contributed by atoms with E-state index < -0.39 is 17.8 Å². The summed E-state index contributed by atoms with van der Waals surface area (Å²) in [5.41, 5.74) is 7.03. The van der Waals surface area contributed by atoms with Crippen molar-refractivity contribution in [2.45, 2.75) is 18.6 Å². The van der Waals surface area contributed by atoms with Crippen LogP contribution in [0.2, 0.25) is 0 Å². The molecule has 1 aliphatic rings. The summed E-state index contributed by atoms with van der Waals surface area (Å²) in [5.74, 6) is 0.175. The third-order valence-electron chi connectivity index (χ3n) is 4.78. The third-order valence-corrected chi connectivity index (χ3v) is 5.87. The number of hydrogen-bond acceptors (Lipinski definition) is 6. The molecule has 2 aromatic carbocycles. The molecule has 0 amide bonds. The number of alkyl halides is 3. The lowest BCUT2D eigenvalue weighted by Crippen LogP contribution is -2.36. The molecule has 5 nitrogen and oxygen atoms in total. The monoisotopic (exact) mass is 466 g/mol. The Hall–Kier alpha value is -2.33. The average molecular weight is 467 g/mol. The third kappa shape index (κ3) is 6.83. The number of ether oxygens (including phenoxy) is 2. The van der Waals surface area contributed by atoms with E-state index in [0.29, 0.717) is 28.5 Å². The molecule has 3 rings (SSSR count). The molecule has 32 heavy (non-hydrogen) atoms. The molecule has 0 saturated carbocycles. The minimum atomic E-state index is -4.56. The van der Waals surface area contributed by atoms with Crippen molar-refractivity contribution in [2.24, 2.45) is 10.7 Å². The van der Waals surface area contributed by atoms with Crippen molar-refractivity contribution in [1.82, 2.24) is 0 Å². The Labute approximate surface area is 189 Å². The molecule has 3 N–H and O–H groups in total. The van der Waals surface area contributed by atoms with Gasteiger partial charge >= 0.3 is 6.18 Å². The van der Waals surface area contributed by atoms with Gasteiger partial charge in [-0.05, 0) is 29.7 Å². The molecular weight excluding hydrogens is 441 g/mol. The van der Waals surface area contributed by atoms with Crippen LogP contribution in [-0.2, 0) is 17.3 Å². The SMILES string of the molecule is NC(CO)C1=NC=C(c2ccc(OCCOCCc3ccccc3)c(C(F)(F)F)c2)SC1. The van der Waals surface area contributed by atoms with Gasteiger partial charge in [-0.2, -0.15) is 13.2 Å². The number of nitrogens with zero attached hydrogens (tertiary/aromatic N) is 1. The lowest BCUT2D eigenvalue weighted by atomic mass is 10.1. The van der Waals surface area contributed by atoms with Gasteiger partial charge in [-0.25, -0.2) is 0 Å². The van der Waals surface area contributed by atoms with Gasteiger partial charge in [-0.1, -0.05) is 36.4 Å². The van der Waals surface area contributed by atoms with E-state index in [0.717, 1.165) is 18.1 Å². The smallest absolute Gasteiger partial charge is 0.419 e. The van der Waals surface area contributed by atoms with E-state index in [2.05, 4.69) is 4.99 Å². The van der Waals surface area contributed by atoms with Gasteiger partial charge in [-0.3, -0.25) is 4.99 Å². The lowest BCUT2D eigenvalue weighted by Gasteiger charge is -2.19. The molecule has 0 saturated heterocycles. The molecule has 0 bridgehead atoms. The summed E-state index contributed by atoms with van der Waals surface area (Å²) in [5, 5.41) is 9.11. The molecule has 1 heterocycles. The molecule has 0 spiro atoms. The fraction of sp³-hybridized carbons (Fsp3) is 0.348. The van der Waals surface area contributed by atoms with E-state index in [1.165, 1.54) is 24.0 Å². The number of nitrogens with two attached hydrogens (primary N) is 1. The van der Waals surface area contributed by atoms with Crippen LogP contribution in [0.3, 0.4) is 0 Å². The highest BCUT2D eigenvalue weighted by Crippen LogP contribution is 2.40. The quantitative estimate of drug-likeness (QED) is 0.515. The second-order valence-corrected chi connectivity index (χ2v) is 8.11. The van der Waals surface area contributed by atoms with Gasteiger partial charge in [0.25, 0.3) is 0 Å². The summed E-state index contributed by atoms with van der Waals surface area (Å²) >= 11 is 1.33. The summed E-state index contributed by atoms with van der Waals surface area (Å²) in [6.07, 6.45) is -2.35. The van der Waals surface area contributed by atoms with Crippen LogP contribution in [-0.4, -0.2) is 49.0 Å². The predicted molar refractivity (Wildman–Crippen MR) is 121 cm³/mol. The Morgan fingerprint density at radius 1 is 1.09 bits per heavy atom. The van der Waals surface area contributed by atoms with E-state index in [4.69, 9.17) is 20.3 Å². The van der Waals surface area contributed by atoms with Gasteiger partial charge in [0.05, 0.1) is 31.4 Å². The fourth-order valence-electron chi connectivity index (χ4n) is 3.01. The van der Waals surface area contributed by atoms with Crippen molar-refractivity contribution in [3.05, 3.63) is 71.4 Å². The standard InChI is InChI=1S/C23H25F3N2O3S/c24-23(25,26)18-12-17(22-13-28-20(15-32-22)19(27)14-29)6-7-21(18)31-11-10-30-9-8-16-4-2-1-3-5-16/h1-7,12-13,19,29H,8-11,14-15,27H2. The number of benzene rings is 2. The lowest BCUT2D eigenvalue weighted by molar-refractivity contribution is -0.139. The number of rotatable bonds is 10. The highest BCUT2D eigenvalue weighted by molar-refractivity contribution is 8.09. The molecular formula is C23H25F3N2O3S. The zero-order valence-corrected chi connectivity index (χ0v) is 18.2. The van der Waals surface area contributed by atoms with Gasteiger partial charge < -0.3 is 20.3 Å². The molecule has 0 aromatic heterocycles. The minimum Gasteiger partial charge on any atom is -0.491 e. The van der Waals surface area contributed by atoms with Gasteiger partial charge in [0.15, 0.2) is 0 Å². The summed E-state index contributed by atoms with van der Waals surface area (Å²) in [4.78, 5) is 4.79. The first-order valence-electron chi connectivity index (χ1n) is 10.1. The van der Waals surface area contributed by atoms with Crippen molar-refractivity contribution < 1.29 is 27.8 Å². The maximum absolute atomic E-state index is 13.6. The van der Waals surface area contributed by atoms with Crippen LogP contribution < -0.4 is 10.5 Å². The normalized spacial score (nSPS) is 15.2. The Morgan fingerprint density at radius 3 is 2.53 bits per heavy atom. The Kier molecular flexibility index (Phi) is 8.75. The summed E-state index contributed by atoms with van der Waals surface area (Å²) in [6, 6.07) is 13.2. The van der Waals surface area contributed by atoms with E-state index in [9.17, 15) is 13.2 Å². The summed E-state index contributed by atoms with van der Waals surface area (Å²) in [6.45, 7) is 0.436. The molecule has 1 aliphatic heterocycles. The number of halogens is 3. The number of hydrogen-bond donors (Lipinski definition) is 2. The highest BCUT2D eigenvalue weighted by Gasteiger charge is 2.35. The van der Waals surface area contributed by atoms with Gasteiger partial charge in [0.2, 0.25) is 0 Å². The van der Waals surface area contributed by atoms with Crippen LogP contribution in [0.5, 0.6) is 5.75 Å². The van der Waals surface area contributed by atoms with Crippen LogP contribution in [0, 0.1) is 0 Å². The molecule has 1 unspecified atom stereocenters. The summed E-state index contributed by atoms with van der Waals surface area (Å²) < 4.78 is 51.7. The Bertz CT molecular complexity index is 949. The van der Waals surface area contributed by atoms with Gasteiger partial charge in [-0.15, -0.1) is 11.8 Å². The van der Waals surface area contributed by atoms with E-state index in [1.807, 2.05) is 30.3 Å². The van der Waals surface area contributed by atoms with Crippen molar-refractivity contribution in [2.75, 3.05) is 32.2 Å². The Balaban J connectivity index is 1.59. The molecule has 2 aromatic rings. The number of aliphatic hydroxyl groups is 1. The van der Waals surface area contributed by atoms with Gasteiger partial charge in [0.1, 0.15) is 12.4 Å². The van der Waals surface area contributed by atoms with Crippen LogP contribution >= 0.6 is 11.8 Å². The molecule has 0 fully saturated rings. The van der Waals surface area contributed by atoms with Crippen LogP contribution in [0.25, 0.3) is 4.91 Å². The first-order valence-corrected chi connectivity index (χ1v) is 11.1. The molecule has 0 radical (unpaired) electrons. The molecule has 9 heteroatoms. The first-order chi connectivity index (χ1) is 15.4. The second-order valence-electron chi connectivity index (χ2n) is 7.10. The van der Waals surface area contributed by atoms with E-state index in [-0.39, 0.29) is 25.6 Å². The molecule has 172 valence electrons. The largest absolute Gasteiger partial charge is 0.491 e. The van der Waals surface area contributed by atoms with E-state index in [1.54, 1.807) is 6.07 Å². The average Bonchev–Trinajstić information content (AvgIpc) is 2.81. The van der Waals surface area contributed by atoms with Crippen molar-refractivity contribution in [3.63, 3.8) is 0 Å².